The second-order valence-corrected chi connectivity index (χ2v) is 7.72. The van der Waals surface area contributed by atoms with Crippen molar-refractivity contribution in [2.24, 2.45) is 7.05 Å². The summed E-state index contributed by atoms with van der Waals surface area (Å²) < 4.78 is 36.5. The van der Waals surface area contributed by atoms with Crippen molar-refractivity contribution in [3.8, 4) is 22.8 Å². The van der Waals surface area contributed by atoms with E-state index in [0.717, 1.165) is 29.1 Å². The van der Waals surface area contributed by atoms with E-state index in [4.69, 9.17) is 4.74 Å². The first-order valence-electron chi connectivity index (χ1n) is 8.87. The zero-order chi connectivity index (χ0) is 21.4. The number of nitrogens with zero attached hydrogens (tertiary/aromatic N) is 5. The van der Waals surface area contributed by atoms with Crippen LogP contribution >= 0.6 is 22.6 Å². The van der Waals surface area contributed by atoms with Crippen LogP contribution in [0.5, 0.6) is 5.75 Å². The molecule has 0 unspecified atom stereocenters. The van der Waals surface area contributed by atoms with E-state index in [2.05, 4.69) is 20.4 Å². The van der Waals surface area contributed by atoms with E-state index < -0.39 is 11.6 Å². The molecule has 0 aliphatic heterocycles. The third kappa shape index (κ3) is 3.86. The Hall–Kier alpha value is -3.02. The van der Waals surface area contributed by atoms with Gasteiger partial charge in [0, 0.05) is 28.4 Å². The molecule has 4 rings (SSSR count). The second kappa shape index (κ2) is 8.01. The van der Waals surface area contributed by atoms with E-state index in [1.54, 1.807) is 20.5 Å². The fourth-order valence-electron chi connectivity index (χ4n) is 2.94. The van der Waals surface area contributed by atoms with Gasteiger partial charge in [0.2, 0.25) is 5.95 Å². The van der Waals surface area contributed by atoms with E-state index in [1.807, 2.05) is 58.5 Å². The summed E-state index contributed by atoms with van der Waals surface area (Å²) in [5.74, 6) is -0.340. The van der Waals surface area contributed by atoms with Crippen LogP contribution in [0.2, 0.25) is 0 Å². The van der Waals surface area contributed by atoms with E-state index >= 15 is 0 Å². The average Bonchev–Trinajstić information content (AvgIpc) is 3.31. The minimum atomic E-state index is -0.935. The number of aromatic nitrogens is 5. The predicted octanol–water partition coefficient (Wildman–Crippen LogP) is 4.61. The van der Waals surface area contributed by atoms with Crippen molar-refractivity contribution in [3.05, 3.63) is 63.8 Å². The van der Waals surface area contributed by atoms with Crippen LogP contribution in [-0.4, -0.2) is 31.4 Å². The Bertz CT molecular complexity index is 1240. The van der Waals surface area contributed by atoms with Crippen LogP contribution in [0.15, 0.2) is 42.9 Å². The Labute approximate surface area is 184 Å². The molecule has 0 saturated carbocycles. The maximum absolute atomic E-state index is 13.6. The highest BCUT2D eigenvalue weighted by molar-refractivity contribution is 14.1. The number of hydrogen-bond donors (Lipinski definition) is 1. The third-order valence-electron chi connectivity index (χ3n) is 4.45. The van der Waals surface area contributed by atoms with E-state index in [1.165, 1.54) is 4.68 Å². The zero-order valence-corrected chi connectivity index (χ0v) is 18.5. The van der Waals surface area contributed by atoms with Crippen LogP contribution in [-0.2, 0) is 7.05 Å². The minimum Gasteiger partial charge on any atom is -0.495 e. The molecule has 1 N–H and O–H groups in total. The lowest BCUT2D eigenvalue weighted by molar-refractivity contribution is 0.413. The Kier molecular flexibility index (Phi) is 5.41. The molecular formula is C20H17F2IN6O. The van der Waals surface area contributed by atoms with E-state index in [0.29, 0.717) is 26.8 Å². The van der Waals surface area contributed by atoms with Gasteiger partial charge in [-0.05, 0) is 53.8 Å². The van der Waals surface area contributed by atoms with Crippen molar-refractivity contribution >= 4 is 34.2 Å². The number of hydrogen-bond acceptors (Lipinski definition) is 5. The molecule has 2 aromatic heterocycles. The molecule has 0 aliphatic carbocycles. The second-order valence-electron chi connectivity index (χ2n) is 6.56. The SMILES string of the molecule is COc1cc(-c2nc(Nc3cc(F)c(F)cc3I)n(C)n2)ccc1-n1cnc(C)c1. The van der Waals surface area contributed by atoms with Gasteiger partial charge in [0.25, 0.3) is 0 Å². The summed E-state index contributed by atoms with van der Waals surface area (Å²) in [6.45, 7) is 1.91. The highest BCUT2D eigenvalue weighted by Gasteiger charge is 2.15. The van der Waals surface area contributed by atoms with E-state index in [-0.39, 0.29) is 0 Å². The molecule has 4 aromatic rings. The summed E-state index contributed by atoms with van der Waals surface area (Å²) in [7, 11) is 3.31. The lowest BCUT2D eigenvalue weighted by atomic mass is 10.1. The number of benzene rings is 2. The molecule has 0 aliphatic rings. The van der Waals surface area contributed by atoms with Crippen LogP contribution in [0.4, 0.5) is 20.4 Å². The number of rotatable bonds is 5. The maximum Gasteiger partial charge on any atom is 0.225 e. The molecule has 0 spiro atoms. The van der Waals surface area contributed by atoms with Crippen molar-refractivity contribution < 1.29 is 13.5 Å². The van der Waals surface area contributed by atoms with E-state index in [9.17, 15) is 8.78 Å². The minimum absolute atomic E-state index is 0.391. The van der Waals surface area contributed by atoms with Crippen molar-refractivity contribution in [2.75, 3.05) is 12.4 Å². The molecule has 0 saturated heterocycles. The molecule has 0 bridgehead atoms. The summed E-state index contributed by atoms with van der Waals surface area (Å²) in [5.41, 5.74) is 2.89. The topological polar surface area (TPSA) is 69.8 Å². The summed E-state index contributed by atoms with van der Waals surface area (Å²) in [5, 5.41) is 7.43. The Morgan fingerprint density at radius 3 is 2.60 bits per heavy atom. The molecule has 0 fully saturated rings. The maximum atomic E-state index is 13.6. The largest absolute Gasteiger partial charge is 0.495 e. The fraction of sp³-hybridized carbons (Fsp3) is 0.150. The van der Waals surface area contributed by atoms with Gasteiger partial charge in [-0.3, -0.25) is 0 Å². The molecule has 10 heteroatoms. The van der Waals surface area contributed by atoms with Gasteiger partial charge in [-0.25, -0.2) is 18.4 Å². The van der Waals surface area contributed by atoms with Crippen molar-refractivity contribution in [1.29, 1.82) is 0 Å². The molecule has 30 heavy (non-hydrogen) atoms. The first-order chi connectivity index (χ1) is 14.4. The van der Waals surface area contributed by atoms with Crippen molar-refractivity contribution in [3.63, 3.8) is 0 Å². The molecule has 0 amide bonds. The highest BCUT2D eigenvalue weighted by Crippen LogP contribution is 2.30. The Morgan fingerprint density at radius 1 is 1.13 bits per heavy atom. The number of imidazole rings is 1. The Morgan fingerprint density at radius 2 is 1.90 bits per heavy atom. The van der Waals surface area contributed by atoms with Gasteiger partial charge in [0.1, 0.15) is 5.75 Å². The van der Waals surface area contributed by atoms with Crippen LogP contribution in [0.3, 0.4) is 0 Å². The average molecular weight is 522 g/mol. The molecule has 0 atom stereocenters. The summed E-state index contributed by atoms with van der Waals surface area (Å²) in [6.07, 6.45) is 3.62. The highest BCUT2D eigenvalue weighted by atomic mass is 127. The number of methoxy groups -OCH3 is 1. The molecule has 154 valence electrons. The zero-order valence-electron chi connectivity index (χ0n) is 16.3. The van der Waals surface area contributed by atoms with Gasteiger partial charge in [0.15, 0.2) is 17.5 Å². The lowest BCUT2D eigenvalue weighted by Gasteiger charge is -2.10. The van der Waals surface area contributed by atoms with Gasteiger partial charge in [-0.15, -0.1) is 5.10 Å². The summed E-state index contributed by atoms with van der Waals surface area (Å²) >= 11 is 1.93. The molecule has 2 heterocycles. The predicted molar refractivity (Wildman–Crippen MR) is 117 cm³/mol. The molecule has 0 radical (unpaired) electrons. The quantitative estimate of drug-likeness (QED) is 0.306. The van der Waals surface area contributed by atoms with Crippen LogP contribution in [0.25, 0.3) is 17.1 Å². The first kappa shape index (κ1) is 20.3. The van der Waals surface area contributed by atoms with Crippen LogP contribution in [0.1, 0.15) is 5.69 Å². The number of anilines is 2. The number of nitrogens with one attached hydrogen (secondary N) is 1. The molecule has 7 nitrogen and oxygen atoms in total. The normalized spacial score (nSPS) is 11.0. The van der Waals surface area contributed by atoms with Crippen molar-refractivity contribution in [2.45, 2.75) is 6.92 Å². The molecule has 2 aromatic carbocycles. The van der Waals surface area contributed by atoms with Crippen LogP contribution < -0.4 is 10.1 Å². The fourth-order valence-corrected chi connectivity index (χ4v) is 3.50. The first-order valence-corrected chi connectivity index (χ1v) is 9.95. The van der Waals surface area contributed by atoms with Gasteiger partial charge >= 0.3 is 0 Å². The molecular weight excluding hydrogens is 505 g/mol. The number of ether oxygens (including phenoxy) is 1. The summed E-state index contributed by atoms with van der Waals surface area (Å²) in [6, 6.07) is 7.84. The third-order valence-corrected chi connectivity index (χ3v) is 5.34. The lowest BCUT2D eigenvalue weighted by Crippen LogP contribution is -2.02. The summed E-state index contributed by atoms with van der Waals surface area (Å²) in [4.78, 5) is 8.74. The van der Waals surface area contributed by atoms with Gasteiger partial charge in [-0.2, -0.15) is 4.98 Å². The van der Waals surface area contributed by atoms with Crippen LogP contribution in [0, 0.1) is 22.1 Å². The van der Waals surface area contributed by atoms with Gasteiger partial charge in [0.05, 0.1) is 30.5 Å². The number of halogens is 3. The van der Waals surface area contributed by atoms with Gasteiger partial charge < -0.3 is 14.6 Å². The smallest absolute Gasteiger partial charge is 0.225 e. The Balaban J connectivity index is 1.67. The van der Waals surface area contributed by atoms with Crippen molar-refractivity contribution in [1.82, 2.24) is 24.3 Å². The monoisotopic (exact) mass is 522 g/mol. The number of aryl methyl sites for hydroxylation is 2. The van der Waals surface area contributed by atoms with Gasteiger partial charge in [-0.1, -0.05) is 0 Å². The standard InChI is InChI=1S/C20H17F2IN6O/c1-11-9-29(10-24-11)17-5-4-12(6-18(17)30-3)19-26-20(28(2)27-19)25-16-8-14(22)13(21)7-15(16)23/h4-10H,1-3H3,(H,25,26,27).